The molecule has 1 saturated heterocycles. The Morgan fingerprint density at radius 1 is 1.39 bits per heavy atom. The first-order valence-corrected chi connectivity index (χ1v) is 7.40. The molecule has 1 aliphatic rings. The van der Waals surface area contributed by atoms with E-state index in [9.17, 15) is 18.0 Å². The third-order valence-electron chi connectivity index (χ3n) is 2.51. The molecule has 0 bridgehead atoms. The van der Waals surface area contributed by atoms with Crippen molar-refractivity contribution < 1.29 is 18.0 Å². The number of imide groups is 1. The van der Waals surface area contributed by atoms with E-state index in [1.165, 1.54) is 0 Å². The van der Waals surface area contributed by atoms with Crippen LogP contribution in [0.1, 0.15) is 19.8 Å². The van der Waals surface area contributed by atoms with Gasteiger partial charge in [0, 0.05) is 12.3 Å². The molecule has 98 valence electrons. The van der Waals surface area contributed by atoms with Gasteiger partial charge in [0.2, 0.25) is 21.3 Å². The van der Waals surface area contributed by atoms with E-state index in [1.54, 1.807) is 6.92 Å². The van der Waals surface area contributed by atoms with Gasteiger partial charge in [-0.3, -0.25) is 9.59 Å². The molecule has 10 heteroatoms. The molecule has 1 aromatic rings. The highest BCUT2D eigenvalue weighted by atomic mass is 32.2. The first-order chi connectivity index (χ1) is 8.30. The number of hydrogen-bond acceptors (Lipinski definition) is 7. The molecule has 2 heterocycles. The summed E-state index contributed by atoms with van der Waals surface area (Å²) in [6.07, 6.45) is 0.701. The van der Waals surface area contributed by atoms with E-state index in [1.807, 2.05) is 0 Å². The number of anilines is 1. The predicted molar refractivity (Wildman–Crippen MR) is 62.2 cm³/mol. The number of nitrogens with two attached hydrogens (primary N) is 1. The summed E-state index contributed by atoms with van der Waals surface area (Å²) in [5.74, 6) is -1.11. The molecule has 18 heavy (non-hydrogen) atoms. The molecule has 0 aromatic carbocycles. The summed E-state index contributed by atoms with van der Waals surface area (Å²) in [5.41, 5.74) is 0. The molecule has 1 aromatic heterocycles. The molecule has 1 aliphatic heterocycles. The third kappa shape index (κ3) is 2.26. The first-order valence-electron chi connectivity index (χ1n) is 5.04. The van der Waals surface area contributed by atoms with Gasteiger partial charge in [-0.25, -0.2) is 18.5 Å². The molecule has 0 saturated carbocycles. The van der Waals surface area contributed by atoms with Crippen molar-refractivity contribution in [3.05, 3.63) is 0 Å². The van der Waals surface area contributed by atoms with Crippen molar-refractivity contribution in [1.82, 2.24) is 10.2 Å². The van der Waals surface area contributed by atoms with Gasteiger partial charge < -0.3 is 0 Å². The van der Waals surface area contributed by atoms with Crippen LogP contribution in [0.2, 0.25) is 0 Å². The minimum Gasteiger partial charge on any atom is -0.274 e. The van der Waals surface area contributed by atoms with Gasteiger partial charge in [0.1, 0.15) is 0 Å². The van der Waals surface area contributed by atoms with E-state index in [0.29, 0.717) is 17.8 Å². The quantitative estimate of drug-likeness (QED) is 0.577. The number of amides is 2. The molecule has 1 atom stereocenters. The first kappa shape index (κ1) is 13.1. The molecular weight excluding hydrogens is 280 g/mol. The lowest BCUT2D eigenvalue weighted by atomic mass is 9.99. The molecule has 1 unspecified atom stereocenters. The predicted octanol–water partition coefficient (Wildman–Crippen LogP) is -0.525. The maximum absolute atomic E-state index is 11.9. The normalized spacial score (nSPS) is 21.4. The summed E-state index contributed by atoms with van der Waals surface area (Å²) >= 11 is 0.605. The van der Waals surface area contributed by atoms with Gasteiger partial charge in [0.25, 0.3) is 10.0 Å². The van der Waals surface area contributed by atoms with Crippen LogP contribution in [0.15, 0.2) is 4.34 Å². The molecule has 2 N–H and O–H groups in total. The van der Waals surface area contributed by atoms with Crippen molar-refractivity contribution >= 4 is 38.3 Å². The Labute approximate surface area is 107 Å². The van der Waals surface area contributed by atoms with Crippen molar-refractivity contribution in [2.24, 2.45) is 11.1 Å². The zero-order chi connectivity index (χ0) is 13.5. The van der Waals surface area contributed by atoms with Crippen LogP contribution in [-0.2, 0) is 19.6 Å². The average Bonchev–Trinajstić information content (AvgIpc) is 2.73. The topological polar surface area (TPSA) is 123 Å². The van der Waals surface area contributed by atoms with Crippen LogP contribution < -0.4 is 10.0 Å². The van der Waals surface area contributed by atoms with E-state index in [-0.39, 0.29) is 17.5 Å². The second-order valence-corrected chi connectivity index (χ2v) is 6.59. The van der Waals surface area contributed by atoms with Gasteiger partial charge in [-0.1, -0.05) is 18.3 Å². The van der Waals surface area contributed by atoms with Crippen LogP contribution in [0.4, 0.5) is 5.13 Å². The summed E-state index contributed by atoms with van der Waals surface area (Å²) in [5, 5.41) is 11.7. The second kappa shape index (κ2) is 4.37. The van der Waals surface area contributed by atoms with Crippen molar-refractivity contribution in [3.63, 3.8) is 0 Å². The smallest absolute Gasteiger partial charge is 0.267 e. The summed E-state index contributed by atoms with van der Waals surface area (Å²) in [6.45, 7) is 1.70. The number of carbonyl (C=O) groups is 2. The monoisotopic (exact) mass is 290 g/mol. The number of hydrogen-bond donors (Lipinski definition) is 1. The van der Waals surface area contributed by atoms with Crippen molar-refractivity contribution in [2.45, 2.75) is 24.1 Å². The number of nitrogens with zero attached hydrogens (tertiary/aromatic N) is 3. The maximum atomic E-state index is 11.9. The number of rotatable bonds is 2. The Morgan fingerprint density at radius 2 is 2.06 bits per heavy atom. The fourth-order valence-electron chi connectivity index (χ4n) is 1.53. The number of carbonyl (C=O) groups excluding carboxylic acids is 2. The second-order valence-electron chi connectivity index (χ2n) is 3.90. The number of aromatic nitrogens is 2. The standard InChI is InChI=1S/C8H10N4O4S2/c1-4-2-3-5(13)12(6(4)14)7-10-11-8(17-7)18(9,15)16/h4H,2-3H2,1H3,(H2,9,15,16). The van der Waals surface area contributed by atoms with E-state index < -0.39 is 26.2 Å². The summed E-state index contributed by atoms with van der Waals surface area (Å²) in [6, 6.07) is 0. The molecule has 2 rings (SSSR count). The lowest BCUT2D eigenvalue weighted by Gasteiger charge is -2.25. The molecule has 8 nitrogen and oxygen atoms in total. The van der Waals surface area contributed by atoms with Crippen molar-refractivity contribution in [1.29, 1.82) is 0 Å². The average molecular weight is 290 g/mol. The Balaban J connectivity index is 2.39. The number of sulfonamides is 1. The van der Waals surface area contributed by atoms with Crippen LogP contribution >= 0.6 is 11.3 Å². The summed E-state index contributed by atoms with van der Waals surface area (Å²) in [7, 11) is -3.97. The lowest BCUT2D eigenvalue weighted by molar-refractivity contribution is -0.131. The Kier molecular flexibility index (Phi) is 3.17. The number of primary sulfonamides is 1. The SMILES string of the molecule is CC1CCC(=O)N(c2nnc(S(N)(=O)=O)s2)C1=O. The van der Waals surface area contributed by atoms with Gasteiger partial charge in [-0.05, 0) is 6.42 Å². The molecule has 2 amide bonds. The molecule has 0 radical (unpaired) electrons. The van der Waals surface area contributed by atoms with E-state index >= 15 is 0 Å². The highest BCUT2D eigenvalue weighted by Gasteiger charge is 2.35. The number of piperidine rings is 1. The zero-order valence-electron chi connectivity index (χ0n) is 9.36. The van der Waals surface area contributed by atoms with E-state index in [2.05, 4.69) is 10.2 Å². The van der Waals surface area contributed by atoms with Gasteiger partial charge >= 0.3 is 0 Å². The maximum Gasteiger partial charge on any atom is 0.267 e. The van der Waals surface area contributed by atoms with Gasteiger partial charge in [0.15, 0.2) is 0 Å². The fourth-order valence-corrected chi connectivity index (χ4v) is 2.97. The van der Waals surface area contributed by atoms with Gasteiger partial charge in [-0.15, -0.1) is 10.2 Å². The minimum atomic E-state index is -3.97. The largest absolute Gasteiger partial charge is 0.274 e. The lowest BCUT2D eigenvalue weighted by Crippen LogP contribution is -2.44. The highest BCUT2D eigenvalue weighted by Crippen LogP contribution is 2.28. The van der Waals surface area contributed by atoms with Crippen LogP contribution in [0.5, 0.6) is 0 Å². The summed E-state index contributed by atoms with van der Waals surface area (Å²) < 4.78 is 21.7. The Hall–Kier alpha value is -1.39. The molecular formula is C8H10N4O4S2. The minimum absolute atomic E-state index is 0.0550. The van der Waals surface area contributed by atoms with Crippen molar-refractivity contribution in [3.8, 4) is 0 Å². The molecule has 0 spiro atoms. The van der Waals surface area contributed by atoms with Gasteiger partial charge in [-0.2, -0.15) is 0 Å². The van der Waals surface area contributed by atoms with Crippen LogP contribution in [-0.4, -0.2) is 30.4 Å². The highest BCUT2D eigenvalue weighted by molar-refractivity contribution is 7.91. The third-order valence-corrected chi connectivity index (χ3v) is 4.73. The van der Waals surface area contributed by atoms with E-state index in [0.717, 1.165) is 4.90 Å². The fraction of sp³-hybridized carbons (Fsp3) is 0.500. The van der Waals surface area contributed by atoms with Crippen LogP contribution in [0, 0.1) is 5.92 Å². The van der Waals surface area contributed by atoms with Crippen LogP contribution in [0.25, 0.3) is 0 Å². The Morgan fingerprint density at radius 3 is 2.61 bits per heavy atom. The Bertz CT molecular complexity index is 608. The van der Waals surface area contributed by atoms with Crippen LogP contribution in [0.3, 0.4) is 0 Å². The van der Waals surface area contributed by atoms with Gasteiger partial charge in [0.05, 0.1) is 0 Å². The van der Waals surface area contributed by atoms with Crippen molar-refractivity contribution in [2.75, 3.05) is 4.90 Å². The van der Waals surface area contributed by atoms with E-state index in [4.69, 9.17) is 5.14 Å². The molecule has 1 fully saturated rings. The zero-order valence-corrected chi connectivity index (χ0v) is 11.0. The molecule has 0 aliphatic carbocycles. The summed E-state index contributed by atoms with van der Waals surface area (Å²) in [4.78, 5) is 24.4.